The fourth-order valence-electron chi connectivity index (χ4n) is 0.993. The minimum atomic E-state index is -3.54. The predicted molar refractivity (Wildman–Crippen MR) is 43.8 cm³/mol. The van der Waals surface area contributed by atoms with Crippen LogP contribution >= 0.6 is 11.6 Å². The summed E-state index contributed by atoms with van der Waals surface area (Å²) in [5.41, 5.74) is 0.677. The molecule has 1 heterocycles. The van der Waals surface area contributed by atoms with E-state index in [1.54, 1.807) is 24.3 Å². The molecule has 0 aliphatic rings. The summed E-state index contributed by atoms with van der Waals surface area (Å²) in [4.78, 5) is 3.54. The minimum absolute atomic E-state index is 0.304. The molecule has 0 bridgehead atoms. The van der Waals surface area contributed by atoms with E-state index in [2.05, 4.69) is 4.98 Å². The quantitative estimate of drug-likeness (QED) is 0.666. The maximum absolute atomic E-state index is 12.5. The number of alkyl halides is 3. The molecule has 2 nitrogen and oxygen atoms in total. The summed E-state index contributed by atoms with van der Waals surface area (Å²) in [6.45, 7) is 0. The van der Waals surface area contributed by atoms with E-state index in [-0.39, 0.29) is 0 Å². The molecule has 68 valence electrons. The Morgan fingerprint density at radius 2 is 2.00 bits per heavy atom. The number of fused-ring (bicyclic) bond motifs is 1. The largest absolute Gasteiger partial charge is 0.434 e. The molecule has 0 unspecified atom stereocenters. The van der Waals surface area contributed by atoms with Gasteiger partial charge in [-0.1, -0.05) is 12.1 Å². The molecule has 0 aliphatic carbocycles. The first-order valence-electron chi connectivity index (χ1n) is 3.50. The zero-order chi connectivity index (χ0) is 9.47. The zero-order valence-corrected chi connectivity index (χ0v) is 7.05. The van der Waals surface area contributed by atoms with Crippen LogP contribution in [0.3, 0.4) is 0 Å². The molecular formula is C8H4ClF2NO. The molecule has 1 aromatic carbocycles. The molecular weight excluding hydrogens is 200 g/mol. The van der Waals surface area contributed by atoms with Crippen LogP contribution in [0, 0.1) is 0 Å². The number of para-hydroxylation sites is 2. The molecule has 0 saturated carbocycles. The summed E-state index contributed by atoms with van der Waals surface area (Å²) in [5.74, 6) is -0.768. The van der Waals surface area contributed by atoms with Gasteiger partial charge in [0.25, 0.3) is 5.89 Å². The average molecular weight is 204 g/mol. The standard InChI is InChI=1S/C8H4ClF2NO/c9-8(10,11)7-12-5-3-1-2-4-6(5)13-7/h1-4H. The molecule has 0 amide bonds. The van der Waals surface area contributed by atoms with Gasteiger partial charge in [-0.25, -0.2) is 4.98 Å². The van der Waals surface area contributed by atoms with E-state index in [1.807, 2.05) is 0 Å². The smallest absolute Gasteiger partial charge is 0.397 e. The van der Waals surface area contributed by atoms with Crippen molar-refractivity contribution in [3.8, 4) is 0 Å². The van der Waals surface area contributed by atoms with Gasteiger partial charge in [0, 0.05) is 0 Å². The fraction of sp³-hybridized carbons (Fsp3) is 0.125. The van der Waals surface area contributed by atoms with Crippen molar-refractivity contribution in [3.05, 3.63) is 30.2 Å². The van der Waals surface area contributed by atoms with Gasteiger partial charge in [-0.15, -0.1) is 0 Å². The van der Waals surface area contributed by atoms with Crippen LogP contribution in [-0.2, 0) is 5.38 Å². The molecule has 5 heteroatoms. The van der Waals surface area contributed by atoms with Crippen LogP contribution in [0.1, 0.15) is 5.89 Å². The van der Waals surface area contributed by atoms with Crippen molar-refractivity contribution in [2.24, 2.45) is 0 Å². The number of halogens is 3. The van der Waals surface area contributed by atoms with E-state index >= 15 is 0 Å². The second-order valence-electron chi connectivity index (χ2n) is 2.48. The first kappa shape index (κ1) is 8.44. The summed E-state index contributed by atoms with van der Waals surface area (Å²) in [6.07, 6.45) is 0. The third-order valence-corrected chi connectivity index (χ3v) is 1.70. The van der Waals surface area contributed by atoms with Crippen LogP contribution < -0.4 is 0 Å². The lowest BCUT2D eigenvalue weighted by molar-refractivity contribution is 0.0641. The Morgan fingerprint density at radius 3 is 2.62 bits per heavy atom. The summed E-state index contributed by atoms with van der Waals surface area (Å²) < 4.78 is 29.7. The van der Waals surface area contributed by atoms with Crippen LogP contribution in [0.4, 0.5) is 8.78 Å². The SMILES string of the molecule is FC(F)(Cl)c1nc2ccccc2o1. The van der Waals surface area contributed by atoms with E-state index in [0.29, 0.717) is 11.1 Å². The Morgan fingerprint density at radius 1 is 1.31 bits per heavy atom. The van der Waals surface area contributed by atoms with E-state index < -0.39 is 11.3 Å². The van der Waals surface area contributed by atoms with Crippen LogP contribution in [0.2, 0.25) is 0 Å². The normalized spacial score (nSPS) is 12.2. The summed E-state index contributed by atoms with van der Waals surface area (Å²) >= 11 is 4.74. The molecule has 13 heavy (non-hydrogen) atoms. The maximum atomic E-state index is 12.5. The van der Waals surface area contributed by atoms with Gasteiger partial charge in [-0.3, -0.25) is 0 Å². The number of hydrogen-bond donors (Lipinski definition) is 0. The molecule has 0 fully saturated rings. The van der Waals surface area contributed by atoms with Gasteiger partial charge < -0.3 is 4.42 Å². The third kappa shape index (κ3) is 1.49. The second kappa shape index (κ2) is 2.67. The summed E-state index contributed by atoms with van der Waals surface area (Å²) in [7, 11) is 0. The van der Waals surface area contributed by atoms with Crippen molar-refractivity contribution in [1.82, 2.24) is 4.98 Å². The van der Waals surface area contributed by atoms with Gasteiger partial charge in [0.15, 0.2) is 5.58 Å². The molecule has 0 atom stereocenters. The number of nitrogens with zero attached hydrogens (tertiary/aromatic N) is 1. The number of benzene rings is 1. The van der Waals surface area contributed by atoms with Crippen molar-refractivity contribution in [2.75, 3.05) is 0 Å². The Hall–Kier alpha value is -1.16. The molecule has 0 N–H and O–H groups in total. The number of rotatable bonds is 1. The van der Waals surface area contributed by atoms with Gasteiger partial charge in [-0.2, -0.15) is 8.78 Å². The van der Waals surface area contributed by atoms with Gasteiger partial charge in [0.2, 0.25) is 0 Å². The minimum Gasteiger partial charge on any atom is -0.434 e. The zero-order valence-electron chi connectivity index (χ0n) is 6.30. The lowest BCUT2D eigenvalue weighted by Crippen LogP contribution is -2.02. The molecule has 1 aromatic heterocycles. The lowest BCUT2D eigenvalue weighted by Gasteiger charge is -1.98. The van der Waals surface area contributed by atoms with Crippen molar-refractivity contribution in [1.29, 1.82) is 0 Å². The van der Waals surface area contributed by atoms with Gasteiger partial charge >= 0.3 is 5.38 Å². The third-order valence-electron chi connectivity index (χ3n) is 1.54. The molecule has 2 rings (SSSR count). The van der Waals surface area contributed by atoms with E-state index in [1.165, 1.54) is 0 Å². The average Bonchev–Trinajstić information content (AvgIpc) is 2.45. The molecule has 0 aliphatic heterocycles. The second-order valence-corrected chi connectivity index (χ2v) is 2.96. The summed E-state index contributed by atoms with van der Waals surface area (Å²) in [5, 5.41) is -3.54. The first-order chi connectivity index (χ1) is 6.07. The molecule has 0 spiro atoms. The Balaban J connectivity index is 2.63. The van der Waals surface area contributed by atoms with Gasteiger partial charge in [0.1, 0.15) is 5.52 Å². The van der Waals surface area contributed by atoms with Crippen molar-refractivity contribution >= 4 is 22.7 Å². The Bertz CT molecular complexity index is 402. The van der Waals surface area contributed by atoms with Crippen molar-refractivity contribution < 1.29 is 13.2 Å². The highest BCUT2D eigenvalue weighted by atomic mass is 35.5. The Labute approximate surface area is 77.1 Å². The highest BCUT2D eigenvalue weighted by Crippen LogP contribution is 2.33. The van der Waals surface area contributed by atoms with Crippen molar-refractivity contribution in [2.45, 2.75) is 5.38 Å². The first-order valence-corrected chi connectivity index (χ1v) is 3.88. The number of aromatic nitrogens is 1. The van der Waals surface area contributed by atoms with Crippen LogP contribution in [0.25, 0.3) is 11.1 Å². The summed E-state index contributed by atoms with van der Waals surface area (Å²) in [6, 6.07) is 6.48. The fourth-order valence-corrected chi connectivity index (χ4v) is 1.07. The van der Waals surface area contributed by atoms with Crippen LogP contribution in [-0.4, -0.2) is 4.98 Å². The van der Waals surface area contributed by atoms with Gasteiger partial charge in [0.05, 0.1) is 0 Å². The van der Waals surface area contributed by atoms with E-state index in [9.17, 15) is 8.78 Å². The Kier molecular flexibility index (Phi) is 1.73. The predicted octanol–water partition coefficient (Wildman–Crippen LogP) is 3.12. The lowest BCUT2D eigenvalue weighted by atomic mass is 10.3. The van der Waals surface area contributed by atoms with Crippen LogP contribution in [0.15, 0.2) is 28.7 Å². The molecule has 2 aromatic rings. The van der Waals surface area contributed by atoms with Crippen molar-refractivity contribution in [3.63, 3.8) is 0 Å². The number of oxazole rings is 1. The number of hydrogen-bond acceptors (Lipinski definition) is 2. The van der Waals surface area contributed by atoms with Crippen LogP contribution in [0.5, 0.6) is 0 Å². The topological polar surface area (TPSA) is 26.0 Å². The molecule has 0 saturated heterocycles. The van der Waals surface area contributed by atoms with Gasteiger partial charge in [-0.05, 0) is 23.7 Å². The van der Waals surface area contributed by atoms with E-state index in [4.69, 9.17) is 16.0 Å². The van der Waals surface area contributed by atoms with E-state index in [0.717, 1.165) is 0 Å². The maximum Gasteiger partial charge on any atom is 0.397 e. The highest BCUT2D eigenvalue weighted by Gasteiger charge is 2.34. The molecule has 0 radical (unpaired) electrons. The highest BCUT2D eigenvalue weighted by molar-refractivity contribution is 6.21. The monoisotopic (exact) mass is 203 g/mol.